The van der Waals surface area contributed by atoms with E-state index in [1.807, 2.05) is 0 Å². The van der Waals surface area contributed by atoms with Gasteiger partial charge in [-0.25, -0.2) is 4.79 Å². The van der Waals surface area contributed by atoms with Gasteiger partial charge in [0.15, 0.2) is 0 Å². The number of fused-ring (bicyclic) bond motifs is 1. The molecule has 9 heteroatoms. The van der Waals surface area contributed by atoms with Gasteiger partial charge < -0.3 is 15.9 Å². The average Bonchev–Trinajstić information content (AvgIpc) is 2.94. The van der Waals surface area contributed by atoms with E-state index in [1.165, 1.54) is 18.4 Å². The molecule has 0 saturated heterocycles. The Balaban J connectivity index is 1.81. The van der Waals surface area contributed by atoms with E-state index in [2.05, 4.69) is 15.8 Å². The van der Waals surface area contributed by atoms with Crippen molar-refractivity contribution in [3.05, 3.63) is 45.3 Å². The molecule has 2 aromatic rings. The zero-order valence-electron chi connectivity index (χ0n) is 14.0. The Morgan fingerprint density at radius 1 is 1.23 bits per heavy atom. The van der Waals surface area contributed by atoms with Gasteiger partial charge in [0.25, 0.3) is 5.91 Å². The molecule has 4 N–H and O–H groups in total. The second kappa shape index (κ2) is 7.76. The number of nitrogens with two attached hydrogens (primary N) is 1. The number of rotatable bonds is 4. The molecule has 1 heterocycles. The molecule has 0 spiro atoms. The summed E-state index contributed by atoms with van der Waals surface area (Å²) < 4.78 is 0. The first-order valence-electron chi connectivity index (χ1n) is 7.84. The van der Waals surface area contributed by atoms with Gasteiger partial charge in [0.2, 0.25) is 0 Å². The molecule has 0 bridgehead atoms. The third-order valence-electron chi connectivity index (χ3n) is 3.91. The smallest absolute Gasteiger partial charge is 0.324 e. The number of carbonyl (C=O) groups is 2. The molecule has 0 unspecified atom stereocenters. The molecule has 7 nitrogen and oxygen atoms in total. The number of benzene rings is 1. The van der Waals surface area contributed by atoms with Crippen LogP contribution in [0, 0.1) is 0 Å². The number of primary amides is 1. The number of urea groups is 1. The fourth-order valence-corrected chi connectivity index (χ4v) is 4.22. The van der Waals surface area contributed by atoms with Crippen LogP contribution in [0.3, 0.4) is 0 Å². The van der Waals surface area contributed by atoms with Gasteiger partial charge in [0, 0.05) is 22.0 Å². The number of hydrogen-bond donors (Lipinski definition) is 3. The molecule has 0 radical (unpaired) electrons. The van der Waals surface area contributed by atoms with Gasteiger partial charge in [-0.05, 0) is 42.7 Å². The maximum atomic E-state index is 12.3. The quantitative estimate of drug-likeness (QED) is 0.691. The van der Waals surface area contributed by atoms with Crippen LogP contribution in [0.25, 0.3) is 0 Å². The molecule has 1 aliphatic rings. The third kappa shape index (κ3) is 3.97. The SMILES string of the molecule is CO/N=C1/CCc2c(sc(NC(=O)Nc3ccc(Cl)cc3)c2C(N)=O)C1. The van der Waals surface area contributed by atoms with Gasteiger partial charge in [-0.2, -0.15) is 0 Å². The Labute approximate surface area is 159 Å². The molecule has 1 aromatic heterocycles. The van der Waals surface area contributed by atoms with Gasteiger partial charge in [-0.15, -0.1) is 11.3 Å². The highest BCUT2D eigenvalue weighted by atomic mass is 35.5. The highest BCUT2D eigenvalue weighted by Crippen LogP contribution is 2.37. The van der Waals surface area contributed by atoms with Crippen LogP contribution in [0.4, 0.5) is 15.5 Å². The molecule has 136 valence electrons. The summed E-state index contributed by atoms with van der Waals surface area (Å²) in [7, 11) is 1.50. The van der Waals surface area contributed by atoms with Crippen molar-refractivity contribution in [1.82, 2.24) is 0 Å². The predicted octanol–water partition coefficient (Wildman–Crippen LogP) is 3.64. The van der Waals surface area contributed by atoms with Gasteiger partial charge >= 0.3 is 6.03 Å². The molecule has 0 fully saturated rings. The highest BCUT2D eigenvalue weighted by molar-refractivity contribution is 7.17. The lowest BCUT2D eigenvalue weighted by atomic mass is 9.94. The summed E-state index contributed by atoms with van der Waals surface area (Å²) in [4.78, 5) is 30.0. The standard InChI is InChI=1S/C17H17ClN4O3S/c1-25-22-11-6-7-12-13(8-11)26-16(14(12)15(19)23)21-17(24)20-10-4-2-9(18)3-5-10/h2-5H,6-8H2,1H3,(H2,19,23)(H2,20,21,24)/b22-11-. The van der Waals surface area contributed by atoms with Crippen molar-refractivity contribution in [2.45, 2.75) is 19.3 Å². The minimum absolute atomic E-state index is 0.368. The molecule has 0 aliphatic heterocycles. The van der Waals surface area contributed by atoms with Crippen molar-refractivity contribution in [3.8, 4) is 0 Å². The van der Waals surface area contributed by atoms with Crippen molar-refractivity contribution in [2.75, 3.05) is 17.7 Å². The molecule has 3 rings (SSSR count). The second-order valence-corrected chi connectivity index (χ2v) is 7.22. The maximum Gasteiger partial charge on any atom is 0.324 e. The van der Waals surface area contributed by atoms with E-state index in [1.54, 1.807) is 24.3 Å². The van der Waals surface area contributed by atoms with Gasteiger partial charge in [0.1, 0.15) is 12.1 Å². The predicted molar refractivity (Wildman–Crippen MR) is 103 cm³/mol. The van der Waals surface area contributed by atoms with Crippen molar-refractivity contribution < 1.29 is 14.4 Å². The fourth-order valence-electron chi connectivity index (χ4n) is 2.82. The van der Waals surface area contributed by atoms with E-state index < -0.39 is 11.9 Å². The monoisotopic (exact) mass is 392 g/mol. The van der Waals surface area contributed by atoms with E-state index in [0.29, 0.717) is 40.5 Å². The lowest BCUT2D eigenvalue weighted by molar-refractivity contribution is 0.100. The van der Waals surface area contributed by atoms with Crippen LogP contribution in [-0.4, -0.2) is 24.8 Å². The van der Waals surface area contributed by atoms with E-state index in [-0.39, 0.29) is 0 Å². The first kappa shape index (κ1) is 18.2. The normalized spacial score (nSPS) is 14.6. The number of halogens is 1. The number of carbonyl (C=O) groups excluding carboxylic acids is 2. The molecular formula is C17H17ClN4O3S. The van der Waals surface area contributed by atoms with Crippen molar-refractivity contribution in [1.29, 1.82) is 0 Å². The molecular weight excluding hydrogens is 376 g/mol. The lowest BCUT2D eigenvalue weighted by Crippen LogP contribution is -2.22. The van der Waals surface area contributed by atoms with E-state index in [0.717, 1.165) is 16.2 Å². The summed E-state index contributed by atoms with van der Waals surface area (Å²) in [6.45, 7) is 0. The minimum Gasteiger partial charge on any atom is -0.399 e. The van der Waals surface area contributed by atoms with Crippen LogP contribution >= 0.6 is 22.9 Å². The Hall–Kier alpha value is -2.58. The Bertz CT molecular complexity index is 877. The molecule has 0 saturated carbocycles. The van der Waals surface area contributed by atoms with Crippen LogP contribution in [-0.2, 0) is 17.7 Å². The average molecular weight is 393 g/mol. The Morgan fingerprint density at radius 2 is 1.96 bits per heavy atom. The fraction of sp³-hybridized carbons (Fsp3) is 0.235. The minimum atomic E-state index is -0.559. The van der Waals surface area contributed by atoms with Crippen molar-refractivity contribution in [2.24, 2.45) is 10.9 Å². The number of anilines is 2. The molecule has 1 aliphatic carbocycles. The second-order valence-electron chi connectivity index (χ2n) is 5.68. The van der Waals surface area contributed by atoms with Crippen molar-refractivity contribution in [3.63, 3.8) is 0 Å². The highest BCUT2D eigenvalue weighted by Gasteiger charge is 2.27. The van der Waals surface area contributed by atoms with Gasteiger partial charge in [0.05, 0.1) is 11.3 Å². The number of oxime groups is 1. The lowest BCUT2D eigenvalue weighted by Gasteiger charge is -2.13. The van der Waals surface area contributed by atoms with E-state index >= 15 is 0 Å². The summed E-state index contributed by atoms with van der Waals surface area (Å²) in [6.07, 6.45) is 1.90. The Kier molecular flexibility index (Phi) is 5.43. The largest absolute Gasteiger partial charge is 0.399 e. The molecule has 3 amide bonds. The van der Waals surface area contributed by atoms with E-state index in [4.69, 9.17) is 22.2 Å². The van der Waals surface area contributed by atoms with Crippen molar-refractivity contribution >= 4 is 51.3 Å². The zero-order chi connectivity index (χ0) is 18.7. The Morgan fingerprint density at radius 3 is 2.62 bits per heavy atom. The van der Waals surface area contributed by atoms with Gasteiger partial charge in [-0.3, -0.25) is 10.1 Å². The summed E-state index contributed by atoms with van der Waals surface area (Å²) >= 11 is 7.16. The number of hydrogen-bond acceptors (Lipinski definition) is 5. The maximum absolute atomic E-state index is 12.3. The summed E-state index contributed by atoms with van der Waals surface area (Å²) in [5.41, 5.74) is 8.27. The van der Waals surface area contributed by atoms with Crippen LogP contribution in [0.1, 0.15) is 27.2 Å². The number of nitrogens with one attached hydrogen (secondary N) is 2. The van der Waals surface area contributed by atoms with Crippen LogP contribution in [0.2, 0.25) is 5.02 Å². The van der Waals surface area contributed by atoms with Gasteiger partial charge in [-0.1, -0.05) is 16.8 Å². The number of amides is 3. The first-order valence-corrected chi connectivity index (χ1v) is 9.04. The third-order valence-corrected chi connectivity index (χ3v) is 5.31. The van der Waals surface area contributed by atoms with Crippen LogP contribution in [0.5, 0.6) is 0 Å². The van der Waals surface area contributed by atoms with E-state index in [9.17, 15) is 9.59 Å². The first-order chi connectivity index (χ1) is 12.5. The topological polar surface area (TPSA) is 106 Å². The summed E-state index contributed by atoms with van der Waals surface area (Å²) in [6, 6.07) is 6.26. The molecule has 26 heavy (non-hydrogen) atoms. The summed E-state index contributed by atoms with van der Waals surface area (Å²) in [5, 5.41) is 10.4. The zero-order valence-corrected chi connectivity index (χ0v) is 15.5. The van der Waals surface area contributed by atoms with Crippen LogP contribution in [0.15, 0.2) is 29.4 Å². The molecule has 1 aromatic carbocycles. The molecule has 0 atom stereocenters. The number of thiophene rings is 1. The number of nitrogens with zero attached hydrogens (tertiary/aromatic N) is 1. The van der Waals surface area contributed by atoms with Crippen LogP contribution < -0.4 is 16.4 Å². The summed E-state index contributed by atoms with van der Waals surface area (Å²) in [5.74, 6) is -0.559.